The summed E-state index contributed by atoms with van der Waals surface area (Å²) in [6.07, 6.45) is 4.79. The first-order chi connectivity index (χ1) is 11.5. The van der Waals surface area contributed by atoms with Gasteiger partial charge in [-0.2, -0.15) is 4.31 Å². The van der Waals surface area contributed by atoms with Crippen LogP contribution in [-0.2, 0) is 14.8 Å². The highest BCUT2D eigenvalue weighted by molar-refractivity contribution is 7.89. The van der Waals surface area contributed by atoms with Crippen LogP contribution in [0.5, 0.6) is 0 Å². The fourth-order valence-corrected chi connectivity index (χ4v) is 5.31. The molecular formula is C18H26N2O3S. The summed E-state index contributed by atoms with van der Waals surface area (Å²) in [6.45, 7) is 3.70. The molecule has 0 radical (unpaired) electrons. The third-order valence-corrected chi connectivity index (χ3v) is 7.08. The number of carbonyl (C=O) groups excluding carboxylic acids is 1. The molecule has 2 fully saturated rings. The SMILES string of the molecule is CC1CCCCN1C(=O)C1CCCN(S(=O)(=O)c2ccccc2)C1. The Labute approximate surface area is 144 Å². The zero-order chi connectivity index (χ0) is 17.2. The highest BCUT2D eigenvalue weighted by Gasteiger charge is 2.36. The Morgan fingerprint density at radius 3 is 2.50 bits per heavy atom. The van der Waals surface area contributed by atoms with Crippen LogP contribution in [0.1, 0.15) is 39.0 Å². The lowest BCUT2D eigenvalue weighted by Gasteiger charge is -2.38. The Hall–Kier alpha value is -1.40. The quantitative estimate of drug-likeness (QED) is 0.841. The van der Waals surface area contributed by atoms with E-state index in [9.17, 15) is 13.2 Å². The Kier molecular flexibility index (Phi) is 5.25. The molecule has 0 aromatic heterocycles. The van der Waals surface area contributed by atoms with Gasteiger partial charge in [0.05, 0.1) is 10.8 Å². The van der Waals surface area contributed by atoms with Gasteiger partial charge in [0.25, 0.3) is 0 Å². The Morgan fingerprint density at radius 1 is 1.04 bits per heavy atom. The van der Waals surface area contributed by atoms with Crippen LogP contribution < -0.4 is 0 Å². The lowest BCUT2D eigenvalue weighted by molar-refractivity contribution is -0.140. The minimum absolute atomic E-state index is 0.134. The van der Waals surface area contributed by atoms with E-state index in [1.807, 2.05) is 4.90 Å². The van der Waals surface area contributed by atoms with Crippen LogP contribution in [0.15, 0.2) is 35.2 Å². The standard InChI is InChI=1S/C18H26N2O3S/c1-15-8-5-6-13-20(15)18(21)16-9-7-12-19(14-16)24(22,23)17-10-3-2-4-11-17/h2-4,10-11,15-16H,5-9,12-14H2,1H3. The van der Waals surface area contributed by atoms with Gasteiger partial charge in [0.2, 0.25) is 15.9 Å². The molecule has 1 amide bonds. The average molecular weight is 350 g/mol. The highest BCUT2D eigenvalue weighted by Crippen LogP contribution is 2.27. The average Bonchev–Trinajstić information content (AvgIpc) is 2.62. The van der Waals surface area contributed by atoms with Crippen molar-refractivity contribution in [3.05, 3.63) is 30.3 Å². The number of carbonyl (C=O) groups is 1. The number of likely N-dealkylation sites (tertiary alicyclic amines) is 1. The highest BCUT2D eigenvalue weighted by atomic mass is 32.2. The van der Waals surface area contributed by atoms with E-state index in [4.69, 9.17) is 0 Å². The van der Waals surface area contributed by atoms with Crippen molar-refractivity contribution in [3.8, 4) is 0 Å². The third kappa shape index (κ3) is 3.49. The van der Waals surface area contributed by atoms with Crippen molar-refractivity contribution >= 4 is 15.9 Å². The number of benzene rings is 1. The van der Waals surface area contributed by atoms with Gasteiger partial charge in [-0.05, 0) is 51.2 Å². The van der Waals surface area contributed by atoms with E-state index in [2.05, 4.69) is 6.92 Å². The van der Waals surface area contributed by atoms with Gasteiger partial charge in [-0.1, -0.05) is 18.2 Å². The van der Waals surface area contributed by atoms with E-state index in [0.717, 1.165) is 32.2 Å². The maximum atomic E-state index is 12.9. The summed E-state index contributed by atoms with van der Waals surface area (Å²) >= 11 is 0. The summed E-state index contributed by atoms with van der Waals surface area (Å²) in [5, 5.41) is 0. The van der Waals surface area contributed by atoms with Gasteiger partial charge in [0.15, 0.2) is 0 Å². The molecule has 5 nitrogen and oxygen atoms in total. The molecule has 2 saturated heterocycles. The molecule has 2 unspecified atom stereocenters. The first kappa shape index (κ1) is 17.4. The zero-order valence-corrected chi connectivity index (χ0v) is 15.0. The fourth-order valence-electron chi connectivity index (χ4n) is 3.76. The lowest BCUT2D eigenvalue weighted by atomic mass is 9.95. The molecule has 24 heavy (non-hydrogen) atoms. The van der Waals surface area contributed by atoms with Gasteiger partial charge in [-0.15, -0.1) is 0 Å². The zero-order valence-electron chi connectivity index (χ0n) is 14.2. The Morgan fingerprint density at radius 2 is 1.79 bits per heavy atom. The molecule has 2 heterocycles. The topological polar surface area (TPSA) is 57.7 Å². The number of hydrogen-bond acceptors (Lipinski definition) is 3. The van der Waals surface area contributed by atoms with Gasteiger partial charge in [-0.3, -0.25) is 4.79 Å². The molecule has 6 heteroatoms. The maximum absolute atomic E-state index is 12.9. The molecule has 2 aliphatic heterocycles. The number of hydrogen-bond donors (Lipinski definition) is 0. The fraction of sp³-hybridized carbons (Fsp3) is 0.611. The molecule has 2 aliphatic rings. The van der Waals surface area contributed by atoms with Crippen LogP contribution in [0, 0.1) is 5.92 Å². The molecule has 0 N–H and O–H groups in total. The van der Waals surface area contributed by atoms with Gasteiger partial charge in [0, 0.05) is 25.7 Å². The largest absolute Gasteiger partial charge is 0.340 e. The van der Waals surface area contributed by atoms with Crippen molar-refractivity contribution in [2.75, 3.05) is 19.6 Å². The summed E-state index contributed by atoms with van der Waals surface area (Å²) in [5.74, 6) is -0.0760. The number of nitrogens with zero attached hydrogens (tertiary/aromatic N) is 2. The molecule has 0 saturated carbocycles. The van der Waals surface area contributed by atoms with Crippen molar-refractivity contribution in [1.29, 1.82) is 0 Å². The summed E-state index contributed by atoms with van der Waals surface area (Å²) < 4.78 is 27.1. The number of piperidine rings is 2. The Bertz CT molecular complexity index is 675. The monoisotopic (exact) mass is 350 g/mol. The third-order valence-electron chi connectivity index (χ3n) is 5.20. The molecule has 132 valence electrons. The van der Waals surface area contributed by atoms with Gasteiger partial charge in [-0.25, -0.2) is 8.42 Å². The Balaban J connectivity index is 1.73. The molecule has 3 rings (SSSR count). The summed E-state index contributed by atoms with van der Waals surface area (Å²) in [7, 11) is -3.51. The van der Waals surface area contributed by atoms with E-state index in [-0.39, 0.29) is 17.9 Å². The first-order valence-corrected chi connectivity index (χ1v) is 10.3. The smallest absolute Gasteiger partial charge is 0.243 e. The first-order valence-electron chi connectivity index (χ1n) is 8.86. The predicted molar refractivity (Wildman–Crippen MR) is 93.0 cm³/mol. The second-order valence-electron chi connectivity index (χ2n) is 6.89. The van der Waals surface area contributed by atoms with E-state index in [1.165, 1.54) is 10.7 Å². The van der Waals surface area contributed by atoms with Crippen molar-refractivity contribution in [1.82, 2.24) is 9.21 Å². The normalized spacial score (nSPS) is 26.3. The van der Waals surface area contributed by atoms with Crippen LogP contribution >= 0.6 is 0 Å². The van der Waals surface area contributed by atoms with Crippen molar-refractivity contribution < 1.29 is 13.2 Å². The van der Waals surface area contributed by atoms with Gasteiger partial charge >= 0.3 is 0 Å². The minimum Gasteiger partial charge on any atom is -0.340 e. The summed E-state index contributed by atoms with van der Waals surface area (Å²) in [6, 6.07) is 8.77. The predicted octanol–water partition coefficient (Wildman–Crippen LogP) is 2.49. The van der Waals surface area contributed by atoms with Crippen LogP contribution in [0.25, 0.3) is 0 Å². The number of amides is 1. The van der Waals surface area contributed by atoms with Crippen molar-refractivity contribution in [2.45, 2.75) is 50.0 Å². The molecule has 0 aliphatic carbocycles. The van der Waals surface area contributed by atoms with Gasteiger partial charge in [0.1, 0.15) is 0 Å². The van der Waals surface area contributed by atoms with E-state index in [0.29, 0.717) is 18.0 Å². The van der Waals surface area contributed by atoms with Crippen molar-refractivity contribution in [3.63, 3.8) is 0 Å². The molecule has 2 atom stereocenters. The maximum Gasteiger partial charge on any atom is 0.243 e. The minimum atomic E-state index is -3.51. The molecule has 1 aromatic carbocycles. The van der Waals surface area contributed by atoms with E-state index in [1.54, 1.807) is 30.3 Å². The van der Waals surface area contributed by atoms with Crippen LogP contribution in [0.2, 0.25) is 0 Å². The number of sulfonamides is 1. The lowest BCUT2D eigenvalue weighted by Crippen LogP contribution is -2.50. The van der Waals surface area contributed by atoms with Crippen LogP contribution in [-0.4, -0.2) is 49.2 Å². The van der Waals surface area contributed by atoms with Gasteiger partial charge < -0.3 is 4.90 Å². The number of rotatable bonds is 3. The molecule has 0 bridgehead atoms. The van der Waals surface area contributed by atoms with Crippen LogP contribution in [0.3, 0.4) is 0 Å². The molecule has 0 spiro atoms. The second-order valence-corrected chi connectivity index (χ2v) is 8.83. The van der Waals surface area contributed by atoms with E-state index < -0.39 is 10.0 Å². The summed E-state index contributed by atoms with van der Waals surface area (Å²) in [4.78, 5) is 15.2. The van der Waals surface area contributed by atoms with Crippen LogP contribution in [0.4, 0.5) is 0 Å². The second kappa shape index (κ2) is 7.23. The summed E-state index contributed by atoms with van der Waals surface area (Å²) in [5.41, 5.74) is 0. The van der Waals surface area contributed by atoms with E-state index >= 15 is 0 Å². The molecular weight excluding hydrogens is 324 g/mol. The molecule has 1 aromatic rings. The van der Waals surface area contributed by atoms with Crippen molar-refractivity contribution in [2.24, 2.45) is 5.92 Å².